The predicted octanol–water partition coefficient (Wildman–Crippen LogP) is 4.77. The molecule has 3 N–H and O–H groups in total. The van der Waals surface area contributed by atoms with Crippen LogP contribution >= 0.6 is 0 Å². The number of nitrogens with zero attached hydrogens (tertiary/aromatic N) is 2. The van der Waals surface area contributed by atoms with Crippen LogP contribution in [-0.4, -0.2) is 30.5 Å². The number of nitrogen functional groups attached to an aromatic ring is 1. The van der Waals surface area contributed by atoms with E-state index in [0.29, 0.717) is 18.1 Å². The van der Waals surface area contributed by atoms with Crippen LogP contribution in [0.15, 0.2) is 66.2 Å². The molecule has 2 amide bonds. The van der Waals surface area contributed by atoms with Crippen molar-refractivity contribution >= 4 is 34.6 Å². The number of nitrogens with one attached hydrogen (secondary N) is 1. The Hall–Kier alpha value is -4.13. The zero-order valence-electron chi connectivity index (χ0n) is 20.4. The van der Waals surface area contributed by atoms with E-state index in [-0.39, 0.29) is 18.2 Å². The van der Waals surface area contributed by atoms with Gasteiger partial charge in [0.15, 0.2) is 0 Å². The molecule has 1 aliphatic heterocycles. The highest BCUT2D eigenvalue weighted by molar-refractivity contribution is 6.09. The van der Waals surface area contributed by atoms with Crippen molar-refractivity contribution in [2.75, 3.05) is 29.6 Å². The average molecular weight is 483 g/mol. The van der Waals surface area contributed by atoms with Crippen LogP contribution in [0.1, 0.15) is 42.5 Å². The molecule has 7 nitrogen and oxygen atoms in total. The smallest absolute Gasteiger partial charge is 0.251 e. The highest BCUT2D eigenvalue weighted by Crippen LogP contribution is 2.35. The van der Waals surface area contributed by atoms with E-state index in [2.05, 4.69) is 10.3 Å². The molecule has 0 unspecified atom stereocenters. The van der Waals surface area contributed by atoms with Crippen LogP contribution in [0.3, 0.4) is 0 Å². The number of amides is 2. The molecule has 1 aromatic heterocycles. The summed E-state index contributed by atoms with van der Waals surface area (Å²) >= 11 is 0. The van der Waals surface area contributed by atoms with Crippen LogP contribution in [0.4, 0.5) is 17.2 Å². The lowest BCUT2D eigenvalue weighted by atomic mass is 9.87. The van der Waals surface area contributed by atoms with Crippen molar-refractivity contribution in [1.29, 1.82) is 0 Å². The zero-order valence-corrected chi connectivity index (χ0v) is 20.4. The van der Waals surface area contributed by atoms with E-state index < -0.39 is 0 Å². The molecule has 3 aromatic rings. The minimum absolute atomic E-state index is 0.0138. The van der Waals surface area contributed by atoms with E-state index in [0.717, 1.165) is 71.5 Å². The van der Waals surface area contributed by atoms with Gasteiger partial charge in [-0.2, -0.15) is 0 Å². The van der Waals surface area contributed by atoms with Gasteiger partial charge in [-0.15, -0.1) is 0 Å². The molecule has 0 fully saturated rings. The first-order valence-corrected chi connectivity index (χ1v) is 12.3. The summed E-state index contributed by atoms with van der Waals surface area (Å²) in [4.78, 5) is 32.3. The Morgan fingerprint density at radius 1 is 1.03 bits per heavy atom. The van der Waals surface area contributed by atoms with Crippen molar-refractivity contribution in [3.8, 4) is 5.75 Å². The molecule has 0 bridgehead atoms. The van der Waals surface area contributed by atoms with Gasteiger partial charge < -0.3 is 20.7 Å². The number of allylic oxidation sites excluding steroid dienone is 1. The Morgan fingerprint density at radius 3 is 2.61 bits per heavy atom. The molecule has 0 spiro atoms. The fourth-order valence-electron chi connectivity index (χ4n) is 5.06. The molecule has 2 aromatic carbocycles. The van der Waals surface area contributed by atoms with Gasteiger partial charge in [0, 0.05) is 23.5 Å². The molecule has 0 radical (unpaired) electrons. The number of carbonyl (C=O) groups is 2. The number of methoxy groups -OCH3 is 1. The molecule has 7 heteroatoms. The van der Waals surface area contributed by atoms with Crippen LogP contribution < -0.4 is 20.7 Å². The van der Waals surface area contributed by atoms with Gasteiger partial charge in [0.05, 0.1) is 19.2 Å². The van der Waals surface area contributed by atoms with Crippen LogP contribution in [0.2, 0.25) is 0 Å². The number of aromatic nitrogens is 1. The van der Waals surface area contributed by atoms with Crippen molar-refractivity contribution < 1.29 is 14.3 Å². The molecule has 2 heterocycles. The van der Waals surface area contributed by atoms with Gasteiger partial charge in [0.25, 0.3) is 5.91 Å². The minimum atomic E-state index is -0.0564. The molecule has 0 atom stereocenters. The number of anilines is 3. The highest BCUT2D eigenvalue weighted by atomic mass is 16.5. The second-order valence-corrected chi connectivity index (χ2v) is 9.22. The van der Waals surface area contributed by atoms with Gasteiger partial charge >= 0.3 is 0 Å². The summed E-state index contributed by atoms with van der Waals surface area (Å²) in [5, 5.41) is 3.10. The van der Waals surface area contributed by atoms with Gasteiger partial charge in [-0.25, -0.2) is 4.98 Å². The Balaban J connectivity index is 1.31. The van der Waals surface area contributed by atoms with Crippen LogP contribution in [0.5, 0.6) is 5.75 Å². The first-order chi connectivity index (χ1) is 17.5. The summed E-state index contributed by atoms with van der Waals surface area (Å²) in [6.45, 7) is 0.612. The molecular weight excluding hydrogens is 452 g/mol. The lowest BCUT2D eigenvalue weighted by molar-refractivity contribution is -0.118. The molecule has 0 saturated carbocycles. The van der Waals surface area contributed by atoms with Crippen molar-refractivity contribution in [3.05, 3.63) is 83.1 Å². The Morgan fingerprint density at radius 2 is 1.83 bits per heavy atom. The standard InChI is InChI=1S/C29H30N4O3/c1-36-23-12-9-19(10-13-23)24-6-2-3-7-25(24)29(35)32-22-11-14-26-20(17-22)15-16-33(26)28(34)18-21-5-4-8-27(30)31-21/h4-5,8-14,17H,2-3,6-7,15-16,18H2,1H3,(H2,30,31)(H,32,35). The third-order valence-electron chi connectivity index (χ3n) is 6.88. The zero-order chi connectivity index (χ0) is 25.1. The van der Waals surface area contributed by atoms with Crippen molar-refractivity contribution in [2.24, 2.45) is 0 Å². The topological polar surface area (TPSA) is 97.5 Å². The second-order valence-electron chi connectivity index (χ2n) is 9.22. The van der Waals surface area contributed by atoms with E-state index >= 15 is 0 Å². The fraction of sp³-hybridized carbons (Fsp3) is 0.276. The van der Waals surface area contributed by atoms with Crippen molar-refractivity contribution in [2.45, 2.75) is 38.5 Å². The Bertz CT molecular complexity index is 1330. The maximum Gasteiger partial charge on any atom is 0.251 e. The van der Waals surface area contributed by atoms with Gasteiger partial charge in [-0.05, 0) is 91.3 Å². The lowest BCUT2D eigenvalue weighted by Gasteiger charge is -2.21. The van der Waals surface area contributed by atoms with Gasteiger partial charge in [-0.3, -0.25) is 9.59 Å². The summed E-state index contributed by atoms with van der Waals surface area (Å²) in [5.74, 6) is 1.14. The molecule has 2 aliphatic rings. The third kappa shape index (κ3) is 4.96. The highest BCUT2D eigenvalue weighted by Gasteiger charge is 2.26. The Kier molecular flexibility index (Phi) is 6.71. The summed E-state index contributed by atoms with van der Waals surface area (Å²) < 4.78 is 5.27. The van der Waals surface area contributed by atoms with E-state index in [4.69, 9.17) is 10.5 Å². The molecule has 1 aliphatic carbocycles. The number of benzene rings is 2. The second kappa shape index (κ2) is 10.2. The first-order valence-electron chi connectivity index (χ1n) is 12.3. The first kappa shape index (κ1) is 23.6. The lowest BCUT2D eigenvalue weighted by Crippen LogP contribution is -2.30. The summed E-state index contributed by atoms with van der Waals surface area (Å²) in [7, 11) is 1.65. The van der Waals surface area contributed by atoms with E-state index in [1.807, 2.05) is 48.5 Å². The van der Waals surface area contributed by atoms with E-state index in [1.54, 1.807) is 24.1 Å². The van der Waals surface area contributed by atoms with Gasteiger partial charge in [-0.1, -0.05) is 18.2 Å². The SMILES string of the molecule is COc1ccc(C2=C(C(=O)Nc3ccc4c(c3)CCN4C(=O)Cc3cccc(N)n3)CCCC2)cc1. The van der Waals surface area contributed by atoms with E-state index in [9.17, 15) is 9.59 Å². The summed E-state index contributed by atoms with van der Waals surface area (Å²) in [6.07, 6.45) is 4.68. The number of nitrogens with two attached hydrogens (primary N) is 1. The minimum Gasteiger partial charge on any atom is -0.497 e. The molecular formula is C29H30N4O3. The maximum atomic E-state index is 13.3. The summed E-state index contributed by atoms with van der Waals surface area (Å²) in [5.41, 5.74) is 12.1. The van der Waals surface area contributed by atoms with Gasteiger partial charge in [0.2, 0.25) is 5.91 Å². The van der Waals surface area contributed by atoms with Crippen molar-refractivity contribution in [3.63, 3.8) is 0 Å². The third-order valence-corrected chi connectivity index (χ3v) is 6.88. The molecule has 184 valence electrons. The predicted molar refractivity (Wildman–Crippen MR) is 142 cm³/mol. The number of ether oxygens (including phenoxy) is 1. The largest absolute Gasteiger partial charge is 0.497 e. The number of carbonyl (C=O) groups excluding carboxylic acids is 2. The molecule has 36 heavy (non-hydrogen) atoms. The number of hydrogen-bond donors (Lipinski definition) is 2. The van der Waals surface area contributed by atoms with Crippen LogP contribution in [0.25, 0.3) is 5.57 Å². The monoisotopic (exact) mass is 482 g/mol. The summed E-state index contributed by atoms with van der Waals surface area (Å²) in [6, 6.07) is 19.0. The molecule has 0 saturated heterocycles. The van der Waals surface area contributed by atoms with Gasteiger partial charge in [0.1, 0.15) is 11.6 Å². The average Bonchev–Trinajstić information content (AvgIpc) is 3.32. The quantitative estimate of drug-likeness (QED) is 0.527. The number of pyridine rings is 1. The maximum absolute atomic E-state index is 13.3. The van der Waals surface area contributed by atoms with Crippen LogP contribution in [0, 0.1) is 0 Å². The number of rotatable bonds is 6. The van der Waals surface area contributed by atoms with E-state index in [1.165, 1.54) is 0 Å². The molecule has 5 rings (SSSR count). The van der Waals surface area contributed by atoms with Crippen molar-refractivity contribution in [1.82, 2.24) is 4.98 Å². The fourth-order valence-corrected chi connectivity index (χ4v) is 5.06. The Labute approximate surface area is 211 Å². The number of fused-ring (bicyclic) bond motifs is 1. The van der Waals surface area contributed by atoms with Crippen LogP contribution in [-0.2, 0) is 22.4 Å². The normalized spacial score (nSPS) is 15.0. The number of hydrogen-bond acceptors (Lipinski definition) is 5.